The van der Waals surface area contributed by atoms with E-state index >= 15 is 0 Å². The van der Waals surface area contributed by atoms with Gasteiger partial charge in [0, 0.05) is 0 Å². The van der Waals surface area contributed by atoms with Gasteiger partial charge >= 0.3 is 5.97 Å². The van der Waals surface area contributed by atoms with Gasteiger partial charge in [0.1, 0.15) is 5.75 Å². The van der Waals surface area contributed by atoms with Crippen LogP contribution in [0.3, 0.4) is 0 Å². The quantitative estimate of drug-likeness (QED) is 0.805. The number of aliphatic carboxylic acids is 1. The lowest BCUT2D eigenvalue weighted by Crippen LogP contribution is -2.27. The lowest BCUT2D eigenvalue weighted by Gasteiger charge is -2.30. The number of benzene rings is 1. The van der Waals surface area contributed by atoms with E-state index in [0.29, 0.717) is 6.42 Å². The van der Waals surface area contributed by atoms with Crippen molar-refractivity contribution in [3.63, 3.8) is 0 Å². The SMILES string of the molecule is CCC1c2cc(O)ccc2CCC1C(=O)O. The van der Waals surface area contributed by atoms with Crippen LogP contribution in [0.5, 0.6) is 5.75 Å². The number of rotatable bonds is 2. The van der Waals surface area contributed by atoms with Gasteiger partial charge in [0.15, 0.2) is 0 Å². The van der Waals surface area contributed by atoms with E-state index in [0.717, 1.165) is 18.4 Å². The summed E-state index contributed by atoms with van der Waals surface area (Å²) < 4.78 is 0. The minimum atomic E-state index is -0.721. The Morgan fingerprint density at radius 1 is 1.50 bits per heavy atom. The number of fused-ring (bicyclic) bond motifs is 1. The highest BCUT2D eigenvalue weighted by Gasteiger charge is 2.33. The van der Waals surface area contributed by atoms with Gasteiger partial charge < -0.3 is 10.2 Å². The summed E-state index contributed by atoms with van der Waals surface area (Å²) in [6, 6.07) is 5.30. The van der Waals surface area contributed by atoms with Crippen molar-refractivity contribution in [2.45, 2.75) is 32.1 Å². The molecule has 0 spiro atoms. The Kier molecular flexibility index (Phi) is 2.86. The molecule has 3 nitrogen and oxygen atoms in total. The van der Waals surface area contributed by atoms with Gasteiger partial charge in [-0.05, 0) is 48.4 Å². The predicted molar refractivity (Wildman–Crippen MR) is 60.6 cm³/mol. The first-order chi connectivity index (χ1) is 7.63. The molecule has 0 bridgehead atoms. The van der Waals surface area contributed by atoms with Crippen LogP contribution in [0.25, 0.3) is 0 Å². The molecular formula is C13H16O3. The van der Waals surface area contributed by atoms with Crippen LogP contribution in [0, 0.1) is 5.92 Å². The summed E-state index contributed by atoms with van der Waals surface area (Å²) in [4.78, 5) is 11.2. The van der Waals surface area contributed by atoms with E-state index in [1.807, 2.05) is 13.0 Å². The van der Waals surface area contributed by atoms with Gasteiger partial charge in [0.2, 0.25) is 0 Å². The van der Waals surface area contributed by atoms with Gasteiger partial charge in [-0.2, -0.15) is 0 Å². The lowest BCUT2D eigenvalue weighted by molar-refractivity contribution is -0.143. The Bertz CT molecular complexity index is 412. The van der Waals surface area contributed by atoms with Gasteiger partial charge in [0.25, 0.3) is 0 Å². The van der Waals surface area contributed by atoms with Crippen molar-refractivity contribution in [3.8, 4) is 5.75 Å². The van der Waals surface area contributed by atoms with Crippen LogP contribution in [0.2, 0.25) is 0 Å². The number of hydrogen-bond donors (Lipinski definition) is 2. The summed E-state index contributed by atoms with van der Waals surface area (Å²) in [6.45, 7) is 2.00. The maximum Gasteiger partial charge on any atom is 0.307 e. The van der Waals surface area contributed by atoms with Crippen LogP contribution in [0.4, 0.5) is 0 Å². The monoisotopic (exact) mass is 220 g/mol. The minimum absolute atomic E-state index is 0.0355. The molecule has 0 radical (unpaired) electrons. The second kappa shape index (κ2) is 4.16. The van der Waals surface area contributed by atoms with Crippen molar-refractivity contribution in [1.82, 2.24) is 0 Å². The van der Waals surface area contributed by atoms with Crippen molar-refractivity contribution in [2.24, 2.45) is 5.92 Å². The Hall–Kier alpha value is -1.51. The third kappa shape index (κ3) is 1.77. The van der Waals surface area contributed by atoms with Gasteiger partial charge in [-0.25, -0.2) is 0 Å². The number of carbonyl (C=O) groups is 1. The van der Waals surface area contributed by atoms with E-state index in [9.17, 15) is 15.0 Å². The molecule has 16 heavy (non-hydrogen) atoms. The third-order valence-corrected chi connectivity index (χ3v) is 3.50. The molecule has 0 saturated heterocycles. The number of aromatic hydroxyl groups is 1. The molecule has 2 N–H and O–H groups in total. The zero-order chi connectivity index (χ0) is 11.7. The fraction of sp³-hybridized carbons (Fsp3) is 0.462. The molecule has 0 amide bonds. The van der Waals surface area contributed by atoms with E-state index in [-0.39, 0.29) is 17.6 Å². The number of carboxylic acids is 1. The molecule has 2 rings (SSSR count). The van der Waals surface area contributed by atoms with Crippen LogP contribution in [-0.4, -0.2) is 16.2 Å². The summed E-state index contributed by atoms with van der Waals surface area (Å²) in [7, 11) is 0. The highest BCUT2D eigenvalue weighted by molar-refractivity contribution is 5.72. The van der Waals surface area contributed by atoms with E-state index < -0.39 is 5.97 Å². The number of hydrogen-bond acceptors (Lipinski definition) is 2. The summed E-state index contributed by atoms with van der Waals surface area (Å²) in [5.74, 6) is -0.767. The molecule has 1 aliphatic rings. The Morgan fingerprint density at radius 3 is 2.88 bits per heavy atom. The molecule has 0 heterocycles. The molecular weight excluding hydrogens is 204 g/mol. The summed E-state index contributed by atoms with van der Waals surface area (Å²) in [5, 5.41) is 18.7. The first-order valence-electron chi connectivity index (χ1n) is 5.68. The van der Waals surface area contributed by atoms with Gasteiger partial charge in [-0.3, -0.25) is 4.79 Å². The average Bonchev–Trinajstić information content (AvgIpc) is 2.27. The molecule has 0 aromatic heterocycles. The number of aryl methyl sites for hydroxylation is 1. The van der Waals surface area contributed by atoms with Crippen LogP contribution >= 0.6 is 0 Å². The molecule has 86 valence electrons. The summed E-state index contributed by atoms with van der Waals surface area (Å²) in [5.41, 5.74) is 2.20. The van der Waals surface area contributed by atoms with Crippen molar-refractivity contribution in [3.05, 3.63) is 29.3 Å². The lowest BCUT2D eigenvalue weighted by atomic mass is 9.74. The van der Waals surface area contributed by atoms with Crippen molar-refractivity contribution >= 4 is 5.97 Å². The fourth-order valence-electron chi connectivity index (χ4n) is 2.68. The van der Waals surface area contributed by atoms with Crippen LogP contribution in [-0.2, 0) is 11.2 Å². The van der Waals surface area contributed by atoms with E-state index in [1.165, 1.54) is 5.56 Å². The highest BCUT2D eigenvalue weighted by atomic mass is 16.4. The Balaban J connectivity index is 2.43. The molecule has 2 unspecified atom stereocenters. The smallest absolute Gasteiger partial charge is 0.307 e. The molecule has 2 atom stereocenters. The normalized spacial score (nSPS) is 23.8. The second-order valence-corrected chi connectivity index (χ2v) is 4.38. The highest BCUT2D eigenvalue weighted by Crippen LogP contribution is 2.39. The van der Waals surface area contributed by atoms with Gasteiger partial charge in [0.05, 0.1) is 5.92 Å². The van der Waals surface area contributed by atoms with Gasteiger partial charge in [-0.15, -0.1) is 0 Å². The maximum atomic E-state index is 11.2. The number of carboxylic acid groups (broad SMARTS) is 1. The first-order valence-corrected chi connectivity index (χ1v) is 5.68. The van der Waals surface area contributed by atoms with Crippen molar-refractivity contribution < 1.29 is 15.0 Å². The van der Waals surface area contributed by atoms with Crippen molar-refractivity contribution in [2.75, 3.05) is 0 Å². The predicted octanol–water partition coefficient (Wildman–Crippen LogP) is 2.53. The molecule has 1 aliphatic carbocycles. The Morgan fingerprint density at radius 2 is 2.25 bits per heavy atom. The standard InChI is InChI=1S/C13H16O3/c1-2-10-11(13(15)16)6-4-8-3-5-9(14)7-12(8)10/h3,5,7,10-11,14H,2,4,6H2,1H3,(H,15,16). The largest absolute Gasteiger partial charge is 0.508 e. The average molecular weight is 220 g/mol. The second-order valence-electron chi connectivity index (χ2n) is 4.38. The Labute approximate surface area is 94.7 Å². The molecule has 1 aromatic rings. The molecule has 0 saturated carbocycles. The van der Waals surface area contributed by atoms with E-state index in [2.05, 4.69) is 0 Å². The van der Waals surface area contributed by atoms with Crippen LogP contribution < -0.4 is 0 Å². The number of phenols is 1. The topological polar surface area (TPSA) is 57.5 Å². The maximum absolute atomic E-state index is 11.2. The summed E-state index contributed by atoms with van der Waals surface area (Å²) in [6.07, 6.45) is 2.29. The van der Waals surface area contributed by atoms with Crippen LogP contribution in [0.15, 0.2) is 18.2 Å². The minimum Gasteiger partial charge on any atom is -0.508 e. The molecule has 3 heteroatoms. The van der Waals surface area contributed by atoms with Crippen LogP contribution in [0.1, 0.15) is 36.8 Å². The van der Waals surface area contributed by atoms with Gasteiger partial charge in [-0.1, -0.05) is 13.0 Å². The van der Waals surface area contributed by atoms with E-state index in [4.69, 9.17) is 0 Å². The fourth-order valence-corrected chi connectivity index (χ4v) is 2.68. The molecule has 1 aromatic carbocycles. The van der Waals surface area contributed by atoms with E-state index in [1.54, 1.807) is 12.1 Å². The number of phenolic OH excluding ortho intramolecular Hbond substituents is 1. The van der Waals surface area contributed by atoms with Crippen molar-refractivity contribution in [1.29, 1.82) is 0 Å². The zero-order valence-corrected chi connectivity index (χ0v) is 9.31. The third-order valence-electron chi connectivity index (χ3n) is 3.50. The molecule has 0 fully saturated rings. The molecule has 0 aliphatic heterocycles. The summed E-state index contributed by atoms with van der Waals surface area (Å²) >= 11 is 0. The zero-order valence-electron chi connectivity index (χ0n) is 9.31. The first kappa shape index (κ1) is 11.0.